The van der Waals surface area contributed by atoms with Gasteiger partial charge in [0, 0.05) is 16.5 Å². The van der Waals surface area contributed by atoms with Gasteiger partial charge in [0.05, 0.1) is 39.5 Å². The minimum atomic E-state index is 0.130. The molecule has 5 nitrogen and oxygen atoms in total. The second-order valence-corrected chi connectivity index (χ2v) is 7.36. The number of nitrogens with one attached hydrogen (secondary N) is 1. The smallest absolute Gasteiger partial charge is 0.162 e. The SMILES string of the molecule is COc1cc(C[NH2+]CCC[NH+]2CCOCC2)c(Br)cc1OC(C)C. The van der Waals surface area contributed by atoms with Crippen LogP contribution in [0.2, 0.25) is 0 Å². The van der Waals surface area contributed by atoms with E-state index in [1.165, 1.54) is 18.5 Å². The number of methoxy groups -OCH3 is 1. The molecule has 0 bridgehead atoms. The summed E-state index contributed by atoms with van der Waals surface area (Å²) in [5, 5.41) is 2.36. The normalized spacial score (nSPS) is 15.7. The summed E-state index contributed by atoms with van der Waals surface area (Å²) >= 11 is 3.66. The Morgan fingerprint density at radius 2 is 2.00 bits per heavy atom. The fourth-order valence-electron chi connectivity index (χ4n) is 2.90. The van der Waals surface area contributed by atoms with Crippen LogP contribution in [0.3, 0.4) is 0 Å². The Morgan fingerprint density at radius 1 is 1.25 bits per heavy atom. The molecule has 6 heteroatoms. The Labute approximate surface area is 153 Å². The molecule has 0 aromatic heterocycles. The highest BCUT2D eigenvalue weighted by Crippen LogP contribution is 2.33. The first-order valence-corrected chi connectivity index (χ1v) is 9.65. The lowest BCUT2D eigenvalue weighted by molar-refractivity contribution is -0.909. The summed E-state index contributed by atoms with van der Waals surface area (Å²) in [6.45, 7) is 11.5. The van der Waals surface area contributed by atoms with Crippen LogP contribution in [-0.4, -0.2) is 52.6 Å². The van der Waals surface area contributed by atoms with Crippen molar-refractivity contribution in [3.63, 3.8) is 0 Å². The van der Waals surface area contributed by atoms with Crippen molar-refractivity contribution in [3.05, 3.63) is 22.2 Å². The molecule has 0 unspecified atom stereocenters. The number of rotatable bonds is 9. The second-order valence-electron chi connectivity index (χ2n) is 6.51. The van der Waals surface area contributed by atoms with E-state index in [2.05, 4.69) is 27.3 Å². The van der Waals surface area contributed by atoms with Crippen LogP contribution in [0.5, 0.6) is 11.5 Å². The molecular weight excluding hydrogens is 372 g/mol. The Bertz CT molecular complexity index is 505. The number of quaternary nitrogens is 2. The molecule has 2 rings (SSSR count). The van der Waals surface area contributed by atoms with Crippen LogP contribution in [0, 0.1) is 0 Å². The average Bonchev–Trinajstić information content (AvgIpc) is 2.56. The van der Waals surface area contributed by atoms with E-state index in [4.69, 9.17) is 14.2 Å². The van der Waals surface area contributed by atoms with Gasteiger partial charge in [-0.25, -0.2) is 0 Å². The van der Waals surface area contributed by atoms with Gasteiger partial charge in [0.2, 0.25) is 0 Å². The fourth-order valence-corrected chi connectivity index (χ4v) is 3.39. The van der Waals surface area contributed by atoms with E-state index in [-0.39, 0.29) is 6.10 Å². The van der Waals surface area contributed by atoms with E-state index in [9.17, 15) is 0 Å². The Kier molecular flexibility index (Phi) is 8.32. The van der Waals surface area contributed by atoms with Gasteiger partial charge in [0.15, 0.2) is 11.5 Å². The first kappa shape index (κ1) is 19.5. The van der Waals surface area contributed by atoms with Crippen molar-refractivity contribution in [2.45, 2.75) is 32.9 Å². The van der Waals surface area contributed by atoms with Gasteiger partial charge >= 0.3 is 0 Å². The quantitative estimate of drug-likeness (QED) is 0.595. The number of morpholine rings is 1. The van der Waals surface area contributed by atoms with Crippen LogP contribution >= 0.6 is 15.9 Å². The lowest BCUT2D eigenvalue weighted by Crippen LogP contribution is -3.14. The summed E-state index contributed by atoms with van der Waals surface area (Å²) in [7, 11) is 1.69. The minimum Gasteiger partial charge on any atom is -0.493 e. The predicted octanol–water partition coefficient (Wildman–Crippen LogP) is 0.614. The third-order valence-corrected chi connectivity index (χ3v) is 4.94. The first-order chi connectivity index (χ1) is 11.6. The topological polar surface area (TPSA) is 48.7 Å². The monoisotopic (exact) mass is 402 g/mol. The highest BCUT2D eigenvalue weighted by Gasteiger charge is 2.14. The molecule has 0 spiro atoms. The highest BCUT2D eigenvalue weighted by atomic mass is 79.9. The maximum absolute atomic E-state index is 5.80. The van der Waals surface area contributed by atoms with Crippen molar-refractivity contribution >= 4 is 15.9 Å². The van der Waals surface area contributed by atoms with Crippen LogP contribution in [0.25, 0.3) is 0 Å². The molecule has 1 aromatic carbocycles. The van der Waals surface area contributed by atoms with Gasteiger partial charge in [0.1, 0.15) is 19.6 Å². The van der Waals surface area contributed by atoms with E-state index in [0.29, 0.717) is 0 Å². The summed E-state index contributed by atoms with van der Waals surface area (Å²) < 4.78 is 17.8. The van der Waals surface area contributed by atoms with Gasteiger partial charge in [-0.15, -0.1) is 0 Å². The van der Waals surface area contributed by atoms with E-state index >= 15 is 0 Å². The molecule has 1 aliphatic rings. The predicted molar refractivity (Wildman–Crippen MR) is 98.0 cm³/mol. The molecule has 24 heavy (non-hydrogen) atoms. The maximum Gasteiger partial charge on any atom is 0.162 e. The van der Waals surface area contributed by atoms with Gasteiger partial charge in [-0.3, -0.25) is 0 Å². The van der Waals surface area contributed by atoms with E-state index in [0.717, 1.165) is 55.4 Å². The summed E-state index contributed by atoms with van der Waals surface area (Å²) in [5.74, 6) is 1.59. The molecule has 0 amide bonds. The zero-order valence-electron chi connectivity index (χ0n) is 15.1. The molecule has 0 atom stereocenters. The number of hydrogen-bond acceptors (Lipinski definition) is 3. The van der Waals surface area contributed by atoms with Crippen molar-refractivity contribution in [2.24, 2.45) is 0 Å². The second kappa shape index (κ2) is 10.2. The molecule has 0 aliphatic carbocycles. The highest BCUT2D eigenvalue weighted by molar-refractivity contribution is 9.10. The molecule has 136 valence electrons. The van der Waals surface area contributed by atoms with Gasteiger partial charge in [-0.2, -0.15) is 0 Å². The van der Waals surface area contributed by atoms with Crippen molar-refractivity contribution < 1.29 is 24.4 Å². The number of benzene rings is 1. The molecular formula is C18H31BrN2O3+2. The minimum absolute atomic E-state index is 0.130. The van der Waals surface area contributed by atoms with E-state index < -0.39 is 0 Å². The third kappa shape index (κ3) is 6.24. The van der Waals surface area contributed by atoms with E-state index in [1.807, 2.05) is 19.9 Å². The number of ether oxygens (including phenoxy) is 3. The van der Waals surface area contributed by atoms with E-state index in [1.54, 1.807) is 12.0 Å². The first-order valence-electron chi connectivity index (χ1n) is 8.86. The van der Waals surface area contributed by atoms with Crippen LogP contribution in [-0.2, 0) is 11.3 Å². The molecule has 1 aliphatic heterocycles. The number of halogens is 1. The zero-order valence-corrected chi connectivity index (χ0v) is 16.7. The number of hydrogen-bond donors (Lipinski definition) is 2. The average molecular weight is 403 g/mol. The van der Waals surface area contributed by atoms with Gasteiger partial charge in [-0.05, 0) is 26.0 Å². The lowest BCUT2D eigenvalue weighted by Gasteiger charge is -2.23. The summed E-state index contributed by atoms with van der Waals surface area (Å²) in [6.07, 6.45) is 1.37. The van der Waals surface area contributed by atoms with Crippen LogP contribution < -0.4 is 19.7 Å². The van der Waals surface area contributed by atoms with Crippen molar-refractivity contribution in [3.8, 4) is 11.5 Å². The molecule has 1 heterocycles. The van der Waals surface area contributed by atoms with Crippen LogP contribution in [0.4, 0.5) is 0 Å². The molecule has 1 fully saturated rings. The molecule has 0 radical (unpaired) electrons. The lowest BCUT2D eigenvalue weighted by atomic mass is 10.2. The Balaban J connectivity index is 1.79. The van der Waals surface area contributed by atoms with Crippen LogP contribution in [0.15, 0.2) is 16.6 Å². The fraction of sp³-hybridized carbons (Fsp3) is 0.667. The molecule has 1 saturated heterocycles. The van der Waals surface area contributed by atoms with Crippen molar-refractivity contribution in [2.75, 3.05) is 46.5 Å². The van der Waals surface area contributed by atoms with Crippen LogP contribution in [0.1, 0.15) is 25.8 Å². The Hall–Kier alpha value is -0.820. The molecule has 1 aromatic rings. The van der Waals surface area contributed by atoms with Gasteiger partial charge < -0.3 is 24.4 Å². The van der Waals surface area contributed by atoms with Gasteiger partial charge in [-0.1, -0.05) is 15.9 Å². The number of nitrogens with two attached hydrogens (primary N) is 1. The summed E-state index contributed by atoms with van der Waals surface area (Å²) in [6, 6.07) is 4.09. The maximum atomic E-state index is 5.80. The van der Waals surface area contributed by atoms with Crippen molar-refractivity contribution in [1.29, 1.82) is 0 Å². The Morgan fingerprint density at radius 3 is 2.67 bits per heavy atom. The van der Waals surface area contributed by atoms with Crippen molar-refractivity contribution in [1.82, 2.24) is 0 Å². The standard InChI is InChI=1S/C18H29BrN2O3/c1-14(2)24-18-12-16(19)15(11-17(18)22-3)13-20-5-4-6-21-7-9-23-10-8-21/h11-12,14,20H,4-10,13H2,1-3H3/p+2. The summed E-state index contributed by atoms with van der Waals surface area (Å²) in [5.41, 5.74) is 1.24. The molecule has 3 N–H and O–H groups in total. The zero-order chi connectivity index (χ0) is 17.4. The largest absolute Gasteiger partial charge is 0.493 e. The molecule has 0 saturated carbocycles. The van der Waals surface area contributed by atoms with Gasteiger partial charge in [0.25, 0.3) is 0 Å². The summed E-state index contributed by atoms with van der Waals surface area (Å²) in [4.78, 5) is 1.67. The third-order valence-electron chi connectivity index (χ3n) is 4.20.